The zero-order valence-electron chi connectivity index (χ0n) is 19.1. The van der Waals surface area contributed by atoms with Crippen LogP contribution < -0.4 is 15.3 Å². The zero-order chi connectivity index (χ0) is 22.6. The summed E-state index contributed by atoms with van der Waals surface area (Å²) in [5.41, 5.74) is 1.64. The summed E-state index contributed by atoms with van der Waals surface area (Å²) in [5, 5.41) is 3.50. The quantitative estimate of drug-likeness (QED) is 0.228. The highest BCUT2D eigenvalue weighted by atomic mass is 16.5. The van der Waals surface area contributed by atoms with E-state index in [1.54, 1.807) is 6.21 Å². The lowest BCUT2D eigenvalue weighted by molar-refractivity contribution is 0.0643. The first-order chi connectivity index (χ1) is 14.9. The molecule has 2 aromatic rings. The molecule has 168 valence electrons. The second kappa shape index (κ2) is 12.6. The fraction of sp³-hybridized carbons (Fsp3) is 0.440. The SMILES string of the molecule is CC(C)N(C(=O)c1ccc(OCCCCCOc2ccc(C=NN)cc2)cc1)C(C)C. The van der Waals surface area contributed by atoms with Gasteiger partial charge in [-0.25, -0.2) is 0 Å². The minimum absolute atomic E-state index is 0.0544. The van der Waals surface area contributed by atoms with Crippen LogP contribution in [0.25, 0.3) is 0 Å². The van der Waals surface area contributed by atoms with Gasteiger partial charge in [-0.05, 0) is 101 Å². The molecule has 0 saturated heterocycles. The molecule has 0 saturated carbocycles. The van der Waals surface area contributed by atoms with E-state index >= 15 is 0 Å². The molecule has 0 aliphatic rings. The van der Waals surface area contributed by atoms with Crippen LogP contribution in [0.4, 0.5) is 0 Å². The number of unbranched alkanes of at least 4 members (excludes halogenated alkanes) is 2. The van der Waals surface area contributed by atoms with Gasteiger partial charge in [0.05, 0.1) is 19.4 Å². The summed E-state index contributed by atoms with van der Waals surface area (Å²) in [6.07, 6.45) is 4.53. The minimum Gasteiger partial charge on any atom is -0.494 e. The number of hydrogen-bond donors (Lipinski definition) is 1. The number of hydrogen-bond acceptors (Lipinski definition) is 5. The number of nitrogens with zero attached hydrogens (tertiary/aromatic N) is 2. The van der Waals surface area contributed by atoms with E-state index in [4.69, 9.17) is 15.3 Å². The van der Waals surface area contributed by atoms with Crippen molar-refractivity contribution in [3.8, 4) is 11.5 Å². The Kier molecular flexibility index (Phi) is 9.88. The predicted molar refractivity (Wildman–Crippen MR) is 126 cm³/mol. The number of hydrazone groups is 1. The fourth-order valence-corrected chi connectivity index (χ4v) is 3.41. The summed E-state index contributed by atoms with van der Waals surface area (Å²) in [4.78, 5) is 14.6. The Labute approximate surface area is 186 Å². The molecule has 6 nitrogen and oxygen atoms in total. The van der Waals surface area contributed by atoms with E-state index in [0.29, 0.717) is 18.8 Å². The van der Waals surface area contributed by atoms with E-state index in [0.717, 1.165) is 36.3 Å². The largest absolute Gasteiger partial charge is 0.494 e. The van der Waals surface area contributed by atoms with E-state index < -0.39 is 0 Å². The van der Waals surface area contributed by atoms with Crippen molar-refractivity contribution < 1.29 is 14.3 Å². The van der Waals surface area contributed by atoms with Gasteiger partial charge in [0.1, 0.15) is 11.5 Å². The third-order valence-corrected chi connectivity index (χ3v) is 4.88. The maximum atomic E-state index is 12.7. The Balaban J connectivity index is 1.66. The van der Waals surface area contributed by atoms with Crippen molar-refractivity contribution in [3.05, 3.63) is 59.7 Å². The molecule has 0 atom stereocenters. The Morgan fingerprint density at radius 1 is 0.871 bits per heavy atom. The average Bonchev–Trinajstić information content (AvgIpc) is 2.74. The number of nitrogens with two attached hydrogens (primary N) is 1. The standard InChI is InChI=1S/C25H35N3O3/c1-19(2)28(20(3)4)25(29)22-10-14-24(15-11-22)31-17-7-5-6-16-30-23-12-8-21(9-13-23)18-27-26/h8-15,18-20H,5-7,16-17,26H2,1-4H3. The van der Waals surface area contributed by atoms with E-state index in [2.05, 4.69) is 5.10 Å². The summed E-state index contributed by atoms with van der Waals surface area (Å²) < 4.78 is 11.5. The van der Waals surface area contributed by atoms with E-state index in [-0.39, 0.29) is 18.0 Å². The van der Waals surface area contributed by atoms with Crippen molar-refractivity contribution in [2.75, 3.05) is 13.2 Å². The molecular formula is C25H35N3O3. The van der Waals surface area contributed by atoms with Gasteiger partial charge in [0.15, 0.2) is 0 Å². The van der Waals surface area contributed by atoms with E-state index in [9.17, 15) is 4.79 Å². The molecule has 0 fully saturated rings. The van der Waals surface area contributed by atoms with Crippen molar-refractivity contribution in [1.82, 2.24) is 4.90 Å². The molecule has 0 aliphatic heterocycles. The summed E-state index contributed by atoms with van der Waals surface area (Å²) >= 11 is 0. The highest BCUT2D eigenvalue weighted by molar-refractivity contribution is 5.94. The van der Waals surface area contributed by atoms with Crippen LogP contribution in [0.5, 0.6) is 11.5 Å². The number of ether oxygens (including phenoxy) is 2. The normalized spacial score (nSPS) is 11.3. The summed E-state index contributed by atoms with van der Waals surface area (Å²) in [6, 6.07) is 15.4. The van der Waals surface area contributed by atoms with Crippen molar-refractivity contribution in [2.24, 2.45) is 10.9 Å². The van der Waals surface area contributed by atoms with Gasteiger partial charge in [-0.15, -0.1) is 0 Å². The van der Waals surface area contributed by atoms with E-state index in [1.165, 1.54) is 0 Å². The summed E-state index contributed by atoms with van der Waals surface area (Å²) in [6.45, 7) is 9.46. The number of carbonyl (C=O) groups excluding carboxylic acids is 1. The van der Waals surface area contributed by atoms with Crippen LogP contribution in [0, 0.1) is 0 Å². The lowest BCUT2D eigenvalue weighted by Gasteiger charge is -2.30. The number of carbonyl (C=O) groups is 1. The monoisotopic (exact) mass is 425 g/mol. The molecule has 2 rings (SSSR count). The molecule has 2 N–H and O–H groups in total. The molecule has 0 unspecified atom stereocenters. The van der Waals surface area contributed by atoms with Crippen LogP contribution >= 0.6 is 0 Å². The number of amides is 1. The molecule has 0 spiro atoms. The maximum Gasteiger partial charge on any atom is 0.254 e. The van der Waals surface area contributed by atoms with Crippen LogP contribution in [0.2, 0.25) is 0 Å². The van der Waals surface area contributed by atoms with Gasteiger partial charge in [0, 0.05) is 17.6 Å². The number of benzene rings is 2. The van der Waals surface area contributed by atoms with Crippen molar-refractivity contribution >= 4 is 12.1 Å². The van der Waals surface area contributed by atoms with Gasteiger partial charge < -0.3 is 20.2 Å². The smallest absolute Gasteiger partial charge is 0.254 e. The van der Waals surface area contributed by atoms with Crippen molar-refractivity contribution in [3.63, 3.8) is 0 Å². The molecule has 0 radical (unpaired) electrons. The highest BCUT2D eigenvalue weighted by Crippen LogP contribution is 2.17. The molecular weight excluding hydrogens is 390 g/mol. The first kappa shape index (κ1) is 24.3. The first-order valence-corrected chi connectivity index (χ1v) is 10.9. The zero-order valence-corrected chi connectivity index (χ0v) is 19.1. The fourth-order valence-electron chi connectivity index (χ4n) is 3.41. The Hall–Kier alpha value is -3.02. The van der Waals surface area contributed by atoms with Crippen LogP contribution in [-0.2, 0) is 0 Å². The van der Waals surface area contributed by atoms with Crippen LogP contribution in [0.1, 0.15) is 62.9 Å². The van der Waals surface area contributed by atoms with Crippen molar-refractivity contribution in [2.45, 2.75) is 59.0 Å². The Morgan fingerprint density at radius 3 is 1.81 bits per heavy atom. The molecule has 0 heterocycles. The lowest BCUT2D eigenvalue weighted by atomic mass is 10.1. The Bertz CT molecular complexity index is 807. The molecule has 1 amide bonds. The van der Waals surface area contributed by atoms with Crippen LogP contribution in [-0.4, -0.2) is 42.3 Å². The van der Waals surface area contributed by atoms with Gasteiger partial charge in [0.2, 0.25) is 0 Å². The minimum atomic E-state index is 0.0544. The van der Waals surface area contributed by atoms with Gasteiger partial charge in [0.25, 0.3) is 5.91 Å². The number of rotatable bonds is 12. The van der Waals surface area contributed by atoms with Gasteiger partial charge in [-0.1, -0.05) is 0 Å². The van der Waals surface area contributed by atoms with Crippen LogP contribution in [0.3, 0.4) is 0 Å². The van der Waals surface area contributed by atoms with E-state index in [1.807, 2.05) is 81.1 Å². The average molecular weight is 426 g/mol. The second-order valence-corrected chi connectivity index (χ2v) is 8.03. The summed E-state index contributed by atoms with van der Waals surface area (Å²) in [7, 11) is 0. The molecule has 0 aromatic heterocycles. The predicted octanol–water partition coefficient (Wildman–Crippen LogP) is 4.87. The van der Waals surface area contributed by atoms with Gasteiger partial charge in [-0.2, -0.15) is 5.10 Å². The molecule has 31 heavy (non-hydrogen) atoms. The second-order valence-electron chi connectivity index (χ2n) is 8.03. The maximum absolute atomic E-state index is 12.7. The van der Waals surface area contributed by atoms with Crippen molar-refractivity contribution in [1.29, 1.82) is 0 Å². The van der Waals surface area contributed by atoms with Gasteiger partial charge in [-0.3, -0.25) is 4.79 Å². The third-order valence-electron chi connectivity index (χ3n) is 4.88. The Morgan fingerprint density at radius 2 is 1.35 bits per heavy atom. The molecule has 0 bridgehead atoms. The van der Waals surface area contributed by atoms with Crippen LogP contribution in [0.15, 0.2) is 53.6 Å². The summed E-state index contributed by atoms with van der Waals surface area (Å²) in [5.74, 6) is 6.82. The van der Waals surface area contributed by atoms with Gasteiger partial charge >= 0.3 is 0 Å². The molecule has 6 heteroatoms. The highest BCUT2D eigenvalue weighted by Gasteiger charge is 2.21. The first-order valence-electron chi connectivity index (χ1n) is 10.9. The lowest BCUT2D eigenvalue weighted by Crippen LogP contribution is -2.42. The third kappa shape index (κ3) is 7.96. The molecule has 2 aromatic carbocycles. The molecule has 0 aliphatic carbocycles. The topological polar surface area (TPSA) is 77.2 Å².